The monoisotopic (exact) mass is 216 g/mol. The van der Waals surface area contributed by atoms with Crippen LogP contribution in [0.15, 0.2) is 0 Å². The topological polar surface area (TPSA) is 70.0 Å². The fraction of sp³-hybridized carbons (Fsp3) is 0.778. The van der Waals surface area contributed by atoms with Crippen molar-refractivity contribution >= 4 is 16.7 Å². The first-order valence-electron chi connectivity index (χ1n) is 4.48. The number of carbonyl (C=O) groups is 1. The molecule has 0 spiro atoms. The predicted molar refractivity (Wildman–Crippen MR) is 56.0 cm³/mol. The van der Waals surface area contributed by atoms with Crippen LogP contribution < -0.4 is 5.32 Å². The molecule has 0 bridgehead atoms. The molecule has 80 valence electrons. The van der Waals surface area contributed by atoms with Crippen molar-refractivity contribution < 1.29 is 9.00 Å². The lowest BCUT2D eigenvalue weighted by Crippen LogP contribution is -2.37. The summed E-state index contributed by atoms with van der Waals surface area (Å²) in [6, 6.07) is 1.91. The number of amides is 1. The molecule has 1 unspecified atom stereocenters. The van der Waals surface area contributed by atoms with Crippen LogP contribution in [0.4, 0.5) is 0 Å². The van der Waals surface area contributed by atoms with Gasteiger partial charge in [-0.3, -0.25) is 9.00 Å². The van der Waals surface area contributed by atoms with Gasteiger partial charge in [-0.05, 0) is 13.8 Å². The lowest BCUT2D eigenvalue weighted by Gasteiger charge is -2.14. The van der Waals surface area contributed by atoms with E-state index in [1.807, 2.05) is 13.0 Å². The first-order valence-corrected chi connectivity index (χ1v) is 5.97. The Balaban J connectivity index is 3.88. The number of hydrogen-bond acceptors (Lipinski definition) is 3. The molecule has 0 radical (unpaired) electrons. The molecule has 4 nitrogen and oxygen atoms in total. The van der Waals surface area contributed by atoms with E-state index >= 15 is 0 Å². The molecule has 0 aromatic carbocycles. The van der Waals surface area contributed by atoms with E-state index in [9.17, 15) is 9.00 Å². The Kier molecular flexibility index (Phi) is 5.39. The zero-order chi connectivity index (χ0) is 11.2. The van der Waals surface area contributed by atoms with Crippen molar-refractivity contribution in [3.63, 3.8) is 0 Å². The van der Waals surface area contributed by atoms with Crippen molar-refractivity contribution in [1.29, 1.82) is 5.26 Å². The molecular formula is C9H16N2O2S. The standard InChI is InChI=1S/C9H16N2O2S/c1-4-14(13)6-5-11-8(12)9(2,3)7-10/h4-6H2,1-3H3,(H,11,12). The van der Waals surface area contributed by atoms with Crippen molar-refractivity contribution in [1.82, 2.24) is 5.32 Å². The minimum absolute atomic E-state index is 0.312. The van der Waals surface area contributed by atoms with Crippen LogP contribution in [0.3, 0.4) is 0 Å². The lowest BCUT2D eigenvalue weighted by atomic mass is 9.95. The lowest BCUT2D eigenvalue weighted by molar-refractivity contribution is -0.126. The minimum Gasteiger partial charge on any atom is -0.354 e. The normalized spacial score (nSPS) is 13.0. The van der Waals surface area contributed by atoms with Gasteiger partial charge in [0.15, 0.2) is 0 Å². The number of nitrogens with zero attached hydrogens (tertiary/aromatic N) is 1. The molecule has 0 aromatic rings. The van der Waals surface area contributed by atoms with Crippen molar-refractivity contribution in [2.24, 2.45) is 5.41 Å². The number of hydrogen-bond donors (Lipinski definition) is 1. The molecule has 0 aliphatic carbocycles. The molecule has 1 N–H and O–H groups in total. The maximum Gasteiger partial charge on any atom is 0.239 e. The van der Waals surface area contributed by atoms with Gasteiger partial charge in [0.1, 0.15) is 5.41 Å². The summed E-state index contributed by atoms with van der Waals surface area (Å²) in [5.74, 6) is 0.731. The fourth-order valence-corrected chi connectivity index (χ4v) is 1.31. The Morgan fingerprint density at radius 3 is 2.57 bits per heavy atom. The third-order valence-corrected chi connectivity index (χ3v) is 3.09. The van der Waals surface area contributed by atoms with Gasteiger partial charge in [0.25, 0.3) is 0 Å². The van der Waals surface area contributed by atoms with Crippen LogP contribution in [0.1, 0.15) is 20.8 Å². The quantitative estimate of drug-likeness (QED) is 0.724. The van der Waals surface area contributed by atoms with Crippen LogP contribution in [0, 0.1) is 16.7 Å². The fourth-order valence-electron chi connectivity index (χ4n) is 0.694. The largest absolute Gasteiger partial charge is 0.354 e. The van der Waals surface area contributed by atoms with Crippen LogP contribution >= 0.6 is 0 Å². The second kappa shape index (κ2) is 5.76. The van der Waals surface area contributed by atoms with Crippen LogP contribution in [0.5, 0.6) is 0 Å². The van der Waals surface area contributed by atoms with Crippen molar-refractivity contribution in [3.05, 3.63) is 0 Å². The molecule has 0 aliphatic heterocycles. The summed E-state index contributed by atoms with van der Waals surface area (Å²) in [5.41, 5.74) is -1.01. The smallest absolute Gasteiger partial charge is 0.239 e. The summed E-state index contributed by atoms with van der Waals surface area (Å²) >= 11 is 0. The van der Waals surface area contributed by atoms with Crippen molar-refractivity contribution in [3.8, 4) is 6.07 Å². The number of nitriles is 1. The minimum atomic E-state index is -1.01. The average molecular weight is 216 g/mol. The third-order valence-electron chi connectivity index (χ3n) is 1.78. The Morgan fingerprint density at radius 1 is 1.57 bits per heavy atom. The molecule has 5 heteroatoms. The van der Waals surface area contributed by atoms with Gasteiger partial charge < -0.3 is 5.32 Å². The maximum absolute atomic E-state index is 11.3. The molecule has 0 saturated carbocycles. The number of carbonyl (C=O) groups excluding carboxylic acids is 1. The molecule has 0 saturated heterocycles. The van der Waals surface area contributed by atoms with E-state index in [1.54, 1.807) is 13.8 Å². The van der Waals surface area contributed by atoms with Gasteiger partial charge in [0.2, 0.25) is 5.91 Å². The average Bonchev–Trinajstić information content (AvgIpc) is 2.17. The molecule has 0 aromatic heterocycles. The zero-order valence-electron chi connectivity index (χ0n) is 8.79. The molecule has 14 heavy (non-hydrogen) atoms. The zero-order valence-corrected chi connectivity index (χ0v) is 9.61. The highest BCUT2D eigenvalue weighted by atomic mass is 32.2. The summed E-state index contributed by atoms with van der Waals surface area (Å²) in [4.78, 5) is 11.3. The highest BCUT2D eigenvalue weighted by Crippen LogP contribution is 2.12. The summed E-state index contributed by atoms with van der Waals surface area (Å²) in [5, 5.41) is 11.2. The second-order valence-electron chi connectivity index (χ2n) is 3.43. The predicted octanol–water partition coefficient (Wildman–Crippen LogP) is 0.421. The molecule has 0 rings (SSSR count). The molecule has 1 atom stereocenters. The summed E-state index contributed by atoms with van der Waals surface area (Å²) < 4.78 is 11.0. The number of rotatable bonds is 5. The Morgan fingerprint density at radius 2 is 2.14 bits per heavy atom. The first kappa shape index (κ1) is 13.1. The second-order valence-corrected chi connectivity index (χ2v) is 5.29. The highest BCUT2D eigenvalue weighted by Gasteiger charge is 2.26. The molecule has 1 amide bonds. The summed E-state index contributed by atoms with van der Waals surface area (Å²) in [7, 11) is -0.870. The van der Waals surface area contributed by atoms with E-state index in [1.165, 1.54) is 0 Å². The Hall–Kier alpha value is -0.890. The molecule has 0 heterocycles. The van der Waals surface area contributed by atoms with E-state index in [-0.39, 0.29) is 5.91 Å². The molecule has 0 aliphatic rings. The van der Waals surface area contributed by atoms with Crippen LogP contribution in [-0.2, 0) is 15.6 Å². The van der Waals surface area contributed by atoms with Crippen LogP contribution in [-0.4, -0.2) is 28.2 Å². The molecule has 0 fully saturated rings. The van der Waals surface area contributed by atoms with Crippen LogP contribution in [0.25, 0.3) is 0 Å². The van der Waals surface area contributed by atoms with Crippen LogP contribution in [0.2, 0.25) is 0 Å². The SMILES string of the molecule is CCS(=O)CCNC(=O)C(C)(C)C#N. The Labute approximate surface area is 87.1 Å². The van der Waals surface area contributed by atoms with E-state index in [4.69, 9.17) is 5.26 Å². The first-order chi connectivity index (χ1) is 6.44. The summed E-state index contributed by atoms with van der Waals surface area (Å²) in [6.07, 6.45) is 0. The summed E-state index contributed by atoms with van der Waals surface area (Å²) in [6.45, 7) is 5.31. The van der Waals surface area contributed by atoms with E-state index in [2.05, 4.69) is 5.32 Å². The van der Waals surface area contributed by atoms with E-state index in [0.717, 1.165) is 0 Å². The van der Waals surface area contributed by atoms with Gasteiger partial charge in [-0.25, -0.2) is 0 Å². The van der Waals surface area contributed by atoms with Gasteiger partial charge in [-0.1, -0.05) is 6.92 Å². The van der Waals surface area contributed by atoms with E-state index in [0.29, 0.717) is 18.1 Å². The number of nitrogens with one attached hydrogen (secondary N) is 1. The van der Waals surface area contributed by atoms with Gasteiger partial charge >= 0.3 is 0 Å². The van der Waals surface area contributed by atoms with Gasteiger partial charge in [-0.2, -0.15) is 5.26 Å². The van der Waals surface area contributed by atoms with Gasteiger partial charge in [-0.15, -0.1) is 0 Å². The van der Waals surface area contributed by atoms with Gasteiger partial charge in [0.05, 0.1) is 6.07 Å². The third kappa shape index (κ3) is 4.38. The van der Waals surface area contributed by atoms with Crippen molar-refractivity contribution in [2.75, 3.05) is 18.1 Å². The van der Waals surface area contributed by atoms with E-state index < -0.39 is 16.2 Å². The maximum atomic E-state index is 11.3. The highest BCUT2D eigenvalue weighted by molar-refractivity contribution is 7.84. The Bertz CT molecular complexity index is 268. The molecular weight excluding hydrogens is 200 g/mol. The van der Waals surface area contributed by atoms with Crippen molar-refractivity contribution in [2.45, 2.75) is 20.8 Å². The van der Waals surface area contributed by atoms with Gasteiger partial charge in [0, 0.05) is 28.9 Å².